The molecule has 1 aliphatic rings. The molecule has 1 saturated carbocycles. The molecule has 1 aliphatic carbocycles. The van der Waals surface area contributed by atoms with Crippen molar-refractivity contribution in [1.82, 2.24) is 0 Å². The number of hydrogen-bond donors (Lipinski definition) is 1. The molecule has 0 unspecified atom stereocenters. The van der Waals surface area contributed by atoms with Crippen LogP contribution in [0, 0.1) is 0 Å². The molecule has 1 rings (SSSR count). The van der Waals surface area contributed by atoms with Gasteiger partial charge in [-0.15, -0.1) is 0 Å². The van der Waals surface area contributed by atoms with Crippen LogP contribution in [0.2, 0.25) is 0 Å². The van der Waals surface area contributed by atoms with Crippen LogP contribution < -0.4 is 10.0 Å². The standard InChI is InChI=1S/C9H19N.FH/c1-8(2)10-9-6-4-3-5-7-9;/h8-10H,3-7H2,1-2H3;1H. The lowest BCUT2D eigenvalue weighted by Crippen LogP contribution is -3.00. The molecule has 2 N–H and O–H groups in total. The van der Waals surface area contributed by atoms with Crippen LogP contribution >= 0.6 is 0 Å². The molecule has 0 aromatic carbocycles. The Kier molecular flexibility index (Phi) is 5.47. The first-order valence-corrected chi connectivity index (χ1v) is 4.64. The molecule has 0 spiro atoms. The number of rotatable bonds is 2. The third-order valence-corrected chi connectivity index (χ3v) is 2.31. The summed E-state index contributed by atoms with van der Waals surface area (Å²) in [6.45, 7) is 4.57. The summed E-state index contributed by atoms with van der Waals surface area (Å²) >= 11 is 0. The molecule has 0 atom stereocenters. The fraction of sp³-hybridized carbons (Fsp3) is 1.00. The van der Waals surface area contributed by atoms with E-state index in [1.54, 1.807) is 0 Å². The minimum absolute atomic E-state index is 0. The maximum absolute atomic E-state index is 2.53. The van der Waals surface area contributed by atoms with Crippen LogP contribution in [-0.2, 0) is 0 Å². The van der Waals surface area contributed by atoms with Gasteiger partial charge >= 0.3 is 0 Å². The van der Waals surface area contributed by atoms with Crippen molar-refractivity contribution in [1.29, 1.82) is 0 Å². The molecule has 0 saturated heterocycles. The van der Waals surface area contributed by atoms with Gasteiger partial charge in [-0.1, -0.05) is 6.42 Å². The van der Waals surface area contributed by atoms with Crippen LogP contribution in [-0.4, -0.2) is 12.1 Å². The van der Waals surface area contributed by atoms with Crippen molar-refractivity contribution in [2.45, 2.75) is 58.0 Å². The smallest absolute Gasteiger partial charge is 0.0861 e. The van der Waals surface area contributed by atoms with Crippen molar-refractivity contribution in [2.75, 3.05) is 0 Å². The third kappa shape index (κ3) is 4.35. The van der Waals surface area contributed by atoms with Gasteiger partial charge in [0.2, 0.25) is 0 Å². The van der Waals surface area contributed by atoms with Crippen molar-refractivity contribution in [2.24, 2.45) is 0 Å². The molecule has 1 fully saturated rings. The average Bonchev–Trinajstić information content (AvgIpc) is 1.88. The number of halogens is 1. The molecule has 0 aliphatic heterocycles. The van der Waals surface area contributed by atoms with Gasteiger partial charge in [0.25, 0.3) is 0 Å². The summed E-state index contributed by atoms with van der Waals surface area (Å²) in [6, 6.07) is 1.75. The molecule has 0 bridgehead atoms. The van der Waals surface area contributed by atoms with Crippen molar-refractivity contribution < 1.29 is 10.0 Å². The molecule has 2 heteroatoms. The van der Waals surface area contributed by atoms with E-state index >= 15 is 0 Å². The lowest BCUT2D eigenvalue weighted by Gasteiger charge is -2.21. The molecule has 0 aromatic heterocycles. The zero-order valence-corrected chi connectivity index (χ0v) is 7.65. The highest BCUT2D eigenvalue weighted by molar-refractivity contribution is 4.62. The van der Waals surface area contributed by atoms with Crippen LogP contribution in [0.25, 0.3) is 0 Å². The van der Waals surface area contributed by atoms with E-state index in [9.17, 15) is 0 Å². The van der Waals surface area contributed by atoms with E-state index in [1.807, 2.05) is 0 Å². The Bertz CT molecular complexity index is 87.6. The lowest BCUT2D eigenvalue weighted by atomic mass is 9.95. The van der Waals surface area contributed by atoms with Gasteiger partial charge in [0, 0.05) is 0 Å². The summed E-state index contributed by atoms with van der Waals surface area (Å²) in [4.78, 5) is 0. The SMILES string of the molecule is CC(C)[NH2+]C1CCCCC1.[F-]. The summed E-state index contributed by atoms with van der Waals surface area (Å²) in [5, 5.41) is 2.53. The topological polar surface area (TPSA) is 16.6 Å². The first-order valence-electron chi connectivity index (χ1n) is 4.64. The van der Waals surface area contributed by atoms with Crippen LogP contribution in [0.15, 0.2) is 0 Å². The van der Waals surface area contributed by atoms with Gasteiger partial charge in [-0.2, -0.15) is 0 Å². The monoisotopic (exact) mass is 161 g/mol. The molecule has 68 valence electrons. The Morgan fingerprint density at radius 3 is 2.09 bits per heavy atom. The normalized spacial score (nSPS) is 19.9. The van der Waals surface area contributed by atoms with Gasteiger partial charge in [-0.25, -0.2) is 0 Å². The minimum atomic E-state index is 0. The first kappa shape index (κ1) is 10.9. The average molecular weight is 161 g/mol. The lowest BCUT2D eigenvalue weighted by molar-refractivity contribution is -0.717. The number of quaternary nitrogens is 1. The second-order valence-corrected chi connectivity index (χ2v) is 3.83. The van der Waals surface area contributed by atoms with Crippen molar-refractivity contribution >= 4 is 0 Å². The summed E-state index contributed by atoms with van der Waals surface area (Å²) in [7, 11) is 0. The maximum Gasteiger partial charge on any atom is 0.0861 e. The summed E-state index contributed by atoms with van der Waals surface area (Å²) in [6.07, 6.45) is 7.32. The quantitative estimate of drug-likeness (QED) is 0.497. The highest BCUT2D eigenvalue weighted by Crippen LogP contribution is 2.14. The van der Waals surface area contributed by atoms with Crippen molar-refractivity contribution in [3.05, 3.63) is 0 Å². The largest absolute Gasteiger partial charge is 1.00 e. The predicted octanol–water partition coefficient (Wildman–Crippen LogP) is -1.71. The fourth-order valence-electron chi connectivity index (χ4n) is 1.87. The molecular formula is C9H20FN. The highest BCUT2D eigenvalue weighted by Gasteiger charge is 2.16. The molecule has 1 nitrogen and oxygen atoms in total. The second kappa shape index (κ2) is 5.53. The molecule has 0 radical (unpaired) electrons. The van der Waals surface area contributed by atoms with Gasteiger partial charge in [-0.05, 0) is 39.5 Å². The van der Waals surface area contributed by atoms with Crippen LogP contribution in [0.5, 0.6) is 0 Å². The first-order chi connectivity index (χ1) is 4.79. The van der Waals surface area contributed by atoms with Gasteiger partial charge in [0.15, 0.2) is 0 Å². The van der Waals surface area contributed by atoms with Gasteiger partial charge < -0.3 is 10.0 Å². The number of hydrogen-bond acceptors (Lipinski definition) is 0. The van der Waals surface area contributed by atoms with Crippen LogP contribution in [0.4, 0.5) is 0 Å². The van der Waals surface area contributed by atoms with E-state index in [0.717, 1.165) is 12.1 Å². The molecular weight excluding hydrogens is 141 g/mol. The summed E-state index contributed by atoms with van der Waals surface area (Å²) in [5.41, 5.74) is 0. The van der Waals surface area contributed by atoms with Gasteiger partial charge in [-0.3, -0.25) is 0 Å². The van der Waals surface area contributed by atoms with Crippen molar-refractivity contribution in [3.8, 4) is 0 Å². The highest BCUT2D eigenvalue weighted by atomic mass is 19.0. The molecule has 0 amide bonds. The molecule has 11 heavy (non-hydrogen) atoms. The summed E-state index contributed by atoms with van der Waals surface area (Å²) < 4.78 is 0. The zero-order chi connectivity index (χ0) is 7.40. The Morgan fingerprint density at radius 2 is 1.64 bits per heavy atom. The van der Waals surface area contributed by atoms with E-state index in [-0.39, 0.29) is 4.70 Å². The second-order valence-electron chi connectivity index (χ2n) is 3.83. The Hall–Kier alpha value is -0.110. The zero-order valence-electron chi connectivity index (χ0n) is 7.65. The van der Waals surface area contributed by atoms with Crippen LogP contribution in [0.3, 0.4) is 0 Å². The molecule has 0 heterocycles. The van der Waals surface area contributed by atoms with E-state index in [2.05, 4.69) is 19.2 Å². The van der Waals surface area contributed by atoms with Gasteiger partial charge in [0.1, 0.15) is 0 Å². The predicted molar refractivity (Wildman–Crippen MR) is 43.9 cm³/mol. The Balaban J connectivity index is 0.000001000. The van der Waals surface area contributed by atoms with E-state index < -0.39 is 0 Å². The Labute approximate surface area is 68.9 Å². The minimum Gasteiger partial charge on any atom is -1.00 e. The van der Waals surface area contributed by atoms with Gasteiger partial charge in [0.05, 0.1) is 12.1 Å². The van der Waals surface area contributed by atoms with Crippen LogP contribution in [0.1, 0.15) is 46.0 Å². The number of nitrogens with two attached hydrogens (primary N) is 1. The van der Waals surface area contributed by atoms with Crippen molar-refractivity contribution in [3.63, 3.8) is 0 Å². The third-order valence-electron chi connectivity index (χ3n) is 2.31. The Morgan fingerprint density at radius 1 is 1.09 bits per heavy atom. The van der Waals surface area contributed by atoms with E-state index in [4.69, 9.17) is 0 Å². The van der Waals surface area contributed by atoms with E-state index in [0.29, 0.717) is 0 Å². The van der Waals surface area contributed by atoms with E-state index in [1.165, 1.54) is 32.1 Å². The fourth-order valence-corrected chi connectivity index (χ4v) is 1.87. The molecule has 0 aromatic rings. The summed E-state index contributed by atoms with van der Waals surface area (Å²) in [5.74, 6) is 0. The maximum atomic E-state index is 2.53.